The maximum Gasteiger partial charge on any atom is 0.240 e. The Labute approximate surface area is 211 Å². The van der Waals surface area contributed by atoms with Gasteiger partial charge in [-0.1, -0.05) is 11.6 Å². The molecule has 10 heteroatoms. The second-order valence-electron chi connectivity index (χ2n) is 9.59. The molecule has 5 heterocycles. The highest BCUT2D eigenvalue weighted by Gasteiger charge is 2.77. The first-order chi connectivity index (χ1) is 17.3. The van der Waals surface area contributed by atoms with Crippen LogP contribution in [0.15, 0.2) is 48.8 Å². The number of benzene rings is 1. The monoisotopic (exact) mass is 504 g/mol. The number of fused-ring (bicyclic) bond motifs is 6. The average Bonchev–Trinajstić information content (AvgIpc) is 3.41. The largest absolute Gasteiger partial charge is 0.478 e. The van der Waals surface area contributed by atoms with Crippen molar-refractivity contribution >= 4 is 40.0 Å². The number of ether oxygens (including phenoxy) is 2. The number of anilines is 1. The minimum Gasteiger partial charge on any atom is -0.478 e. The second-order valence-corrected chi connectivity index (χ2v) is 10.0. The van der Waals surface area contributed by atoms with Crippen molar-refractivity contribution in [2.24, 2.45) is 11.8 Å². The Morgan fingerprint density at radius 3 is 2.78 bits per heavy atom. The fourth-order valence-corrected chi connectivity index (χ4v) is 6.19. The van der Waals surface area contributed by atoms with Gasteiger partial charge in [0.05, 0.1) is 51.9 Å². The van der Waals surface area contributed by atoms with Crippen molar-refractivity contribution in [1.29, 1.82) is 5.26 Å². The third-order valence-electron chi connectivity index (χ3n) is 7.70. The Bertz CT molecular complexity index is 1460. The summed E-state index contributed by atoms with van der Waals surface area (Å²) in [4.78, 5) is 37.3. The quantitative estimate of drug-likeness (QED) is 0.525. The standard InChI is InChI=1S/C26H21ClN4O5/c1-25-18(32)11-26(36-25,8-10-35-19-7-5-15(27)13-30-19)21-20(25)23(33)31(24(21)34)17-6-4-14(12-28)22-16(17)3-2-9-29-22/h2-7,9,13,18,20-21,32H,8,10-11H2,1H3. The molecule has 2 amide bonds. The van der Waals surface area contributed by atoms with Gasteiger partial charge in [0.1, 0.15) is 11.7 Å². The molecule has 9 nitrogen and oxygen atoms in total. The van der Waals surface area contributed by atoms with Gasteiger partial charge < -0.3 is 14.6 Å². The third-order valence-corrected chi connectivity index (χ3v) is 7.92. The number of imide groups is 1. The van der Waals surface area contributed by atoms with Crippen molar-refractivity contribution < 1.29 is 24.2 Å². The number of carbonyl (C=O) groups excluding carboxylic acids is 2. The van der Waals surface area contributed by atoms with Crippen molar-refractivity contribution in [3.8, 4) is 11.9 Å². The van der Waals surface area contributed by atoms with Crippen molar-refractivity contribution in [3.05, 3.63) is 59.4 Å². The van der Waals surface area contributed by atoms with E-state index in [0.29, 0.717) is 33.1 Å². The molecule has 182 valence electrons. The molecule has 6 rings (SSSR count). The molecule has 3 aromatic rings. The van der Waals surface area contributed by atoms with Gasteiger partial charge in [-0.3, -0.25) is 14.6 Å². The Kier molecular flexibility index (Phi) is 5.06. The van der Waals surface area contributed by atoms with Crippen LogP contribution in [0, 0.1) is 23.2 Å². The van der Waals surface area contributed by atoms with Crippen LogP contribution in [0.1, 0.15) is 25.3 Å². The lowest BCUT2D eigenvalue weighted by molar-refractivity contribution is -0.134. The van der Waals surface area contributed by atoms with Gasteiger partial charge in [-0.25, -0.2) is 9.88 Å². The number of pyridine rings is 2. The minimum absolute atomic E-state index is 0.172. The van der Waals surface area contributed by atoms with Crippen molar-refractivity contribution in [3.63, 3.8) is 0 Å². The van der Waals surface area contributed by atoms with Gasteiger partial charge >= 0.3 is 0 Å². The molecule has 0 spiro atoms. The number of aromatic nitrogens is 2. The Morgan fingerprint density at radius 1 is 1.22 bits per heavy atom. The lowest BCUT2D eigenvalue weighted by Crippen LogP contribution is -2.49. The summed E-state index contributed by atoms with van der Waals surface area (Å²) in [5, 5.41) is 21.4. The maximum atomic E-state index is 13.9. The normalized spacial score (nSPS) is 30.6. The van der Waals surface area contributed by atoms with Crippen LogP contribution in [-0.2, 0) is 14.3 Å². The molecule has 5 unspecified atom stereocenters. The first-order valence-corrected chi connectivity index (χ1v) is 11.9. The van der Waals surface area contributed by atoms with E-state index in [9.17, 15) is 20.0 Å². The summed E-state index contributed by atoms with van der Waals surface area (Å²) in [6, 6.07) is 12.0. The highest BCUT2D eigenvalue weighted by molar-refractivity contribution is 6.30. The van der Waals surface area contributed by atoms with E-state index in [4.69, 9.17) is 21.1 Å². The molecule has 0 saturated carbocycles. The van der Waals surface area contributed by atoms with E-state index >= 15 is 0 Å². The molecule has 0 radical (unpaired) electrons. The van der Waals surface area contributed by atoms with Crippen LogP contribution in [0.5, 0.6) is 5.88 Å². The van der Waals surface area contributed by atoms with E-state index in [2.05, 4.69) is 16.0 Å². The summed E-state index contributed by atoms with van der Waals surface area (Å²) in [6.07, 6.45) is 2.62. The van der Waals surface area contributed by atoms with E-state index in [1.807, 2.05) is 0 Å². The molecule has 3 aliphatic rings. The van der Waals surface area contributed by atoms with E-state index in [1.54, 1.807) is 49.5 Å². The Hall–Kier alpha value is -3.58. The molecule has 1 N–H and O–H groups in total. The number of aliphatic hydroxyl groups is 1. The van der Waals surface area contributed by atoms with Crippen LogP contribution in [0.2, 0.25) is 5.02 Å². The van der Waals surface area contributed by atoms with Gasteiger partial charge in [0.15, 0.2) is 0 Å². The van der Waals surface area contributed by atoms with E-state index < -0.39 is 35.0 Å². The van der Waals surface area contributed by atoms with E-state index in [-0.39, 0.29) is 25.4 Å². The van der Waals surface area contributed by atoms with Gasteiger partial charge in [0, 0.05) is 36.7 Å². The van der Waals surface area contributed by atoms with Crippen LogP contribution in [0.4, 0.5) is 5.69 Å². The fraction of sp³-hybridized carbons (Fsp3) is 0.346. The fourth-order valence-electron chi connectivity index (χ4n) is 6.08. The summed E-state index contributed by atoms with van der Waals surface area (Å²) < 4.78 is 12.1. The molecule has 3 fully saturated rings. The van der Waals surface area contributed by atoms with Gasteiger partial charge in [-0.15, -0.1) is 0 Å². The topological polar surface area (TPSA) is 126 Å². The van der Waals surface area contributed by atoms with Crippen LogP contribution in [-0.4, -0.2) is 50.8 Å². The Balaban J connectivity index is 1.35. The third kappa shape index (κ3) is 3.08. The summed E-state index contributed by atoms with van der Waals surface area (Å²) in [5.74, 6) is -2.06. The summed E-state index contributed by atoms with van der Waals surface area (Å²) >= 11 is 5.88. The van der Waals surface area contributed by atoms with Gasteiger partial charge in [0.25, 0.3) is 0 Å². The zero-order valence-corrected chi connectivity index (χ0v) is 20.0. The molecule has 3 aliphatic heterocycles. The number of halogens is 1. The molecule has 5 atom stereocenters. The van der Waals surface area contributed by atoms with Gasteiger partial charge in [0.2, 0.25) is 17.7 Å². The zero-order valence-electron chi connectivity index (χ0n) is 19.2. The highest BCUT2D eigenvalue weighted by Crippen LogP contribution is 2.62. The molecule has 0 aliphatic carbocycles. The number of carbonyl (C=O) groups is 2. The van der Waals surface area contributed by atoms with Crippen molar-refractivity contribution in [1.82, 2.24) is 9.97 Å². The van der Waals surface area contributed by atoms with E-state index in [1.165, 1.54) is 11.1 Å². The molecular weight excluding hydrogens is 484 g/mol. The number of amides is 2. The number of rotatable bonds is 5. The first kappa shape index (κ1) is 22.9. The molecule has 2 bridgehead atoms. The average molecular weight is 505 g/mol. The van der Waals surface area contributed by atoms with Crippen LogP contribution in [0.3, 0.4) is 0 Å². The lowest BCUT2D eigenvalue weighted by Gasteiger charge is -2.33. The molecule has 3 saturated heterocycles. The number of nitriles is 1. The summed E-state index contributed by atoms with van der Waals surface area (Å²) in [6.45, 7) is 1.87. The maximum absolute atomic E-state index is 13.9. The SMILES string of the molecule is CC12OC(CCOc3ccc(Cl)cn3)(CC1O)C1C(=O)N(c3ccc(C#N)c4ncccc34)C(=O)C12. The number of hydrogen-bond donors (Lipinski definition) is 1. The van der Waals surface area contributed by atoms with Crippen LogP contribution >= 0.6 is 11.6 Å². The second kappa shape index (κ2) is 7.96. The molecule has 1 aromatic carbocycles. The zero-order chi connectivity index (χ0) is 25.2. The van der Waals surface area contributed by atoms with Crippen molar-refractivity contribution in [2.45, 2.75) is 37.1 Å². The van der Waals surface area contributed by atoms with Gasteiger partial charge in [-0.05, 0) is 37.3 Å². The van der Waals surface area contributed by atoms with Crippen LogP contribution in [0.25, 0.3) is 10.9 Å². The van der Waals surface area contributed by atoms with Gasteiger partial charge in [-0.2, -0.15) is 5.26 Å². The summed E-state index contributed by atoms with van der Waals surface area (Å²) in [7, 11) is 0. The minimum atomic E-state index is -1.20. The number of aliphatic hydroxyl groups excluding tert-OH is 1. The predicted octanol–water partition coefficient (Wildman–Crippen LogP) is 3.02. The molecular formula is C26H21ClN4O5. The van der Waals surface area contributed by atoms with Crippen LogP contribution < -0.4 is 9.64 Å². The molecule has 2 aromatic heterocycles. The predicted molar refractivity (Wildman–Crippen MR) is 128 cm³/mol. The van der Waals surface area contributed by atoms with Crippen molar-refractivity contribution in [2.75, 3.05) is 11.5 Å². The molecule has 36 heavy (non-hydrogen) atoms. The Morgan fingerprint density at radius 2 is 2.03 bits per heavy atom. The number of nitrogens with zero attached hydrogens (tertiary/aromatic N) is 4. The van der Waals surface area contributed by atoms with E-state index in [0.717, 1.165) is 0 Å². The first-order valence-electron chi connectivity index (χ1n) is 11.6. The lowest BCUT2D eigenvalue weighted by atomic mass is 9.66. The highest BCUT2D eigenvalue weighted by atomic mass is 35.5. The smallest absolute Gasteiger partial charge is 0.240 e. The number of hydrogen-bond acceptors (Lipinski definition) is 8. The summed E-state index contributed by atoms with van der Waals surface area (Å²) in [5.41, 5.74) is -1.13.